The Hall–Kier alpha value is -1.88. The van der Waals surface area contributed by atoms with Crippen molar-refractivity contribution in [1.82, 2.24) is 5.32 Å². The van der Waals surface area contributed by atoms with Crippen molar-refractivity contribution in [3.8, 4) is 0 Å². The van der Waals surface area contributed by atoms with Gasteiger partial charge in [0.05, 0.1) is 11.4 Å². The average molecular weight is 275 g/mol. The normalized spacial score (nSPS) is 15.9. The molecule has 0 fully saturated rings. The number of hydrogen-bond donors (Lipinski definition) is 3. The van der Waals surface area contributed by atoms with Gasteiger partial charge in [0.2, 0.25) is 11.8 Å². The Kier molecular flexibility index (Phi) is 4.74. The van der Waals surface area contributed by atoms with Gasteiger partial charge in [-0.15, -0.1) is 0 Å². The minimum Gasteiger partial charge on any atom is -0.324 e. The van der Waals surface area contributed by atoms with Crippen LogP contribution in [0.15, 0.2) is 18.2 Å². The molecule has 1 atom stereocenters. The molecular formula is C15H21N3O2. The van der Waals surface area contributed by atoms with Gasteiger partial charge in [0.25, 0.3) is 0 Å². The maximum atomic E-state index is 11.6. The van der Waals surface area contributed by atoms with Crippen LogP contribution in [0.1, 0.15) is 44.7 Å². The maximum absolute atomic E-state index is 11.6. The molecule has 1 heterocycles. The van der Waals surface area contributed by atoms with Crippen molar-refractivity contribution in [2.24, 2.45) is 0 Å². The quantitative estimate of drug-likeness (QED) is 0.723. The van der Waals surface area contributed by atoms with Crippen molar-refractivity contribution in [2.75, 3.05) is 17.2 Å². The lowest BCUT2D eigenvalue weighted by Gasteiger charge is -2.19. The Morgan fingerprint density at radius 1 is 1.15 bits per heavy atom. The van der Waals surface area contributed by atoms with E-state index in [9.17, 15) is 9.59 Å². The fourth-order valence-electron chi connectivity index (χ4n) is 2.45. The molecule has 5 heteroatoms. The highest BCUT2D eigenvalue weighted by atomic mass is 16.2. The molecule has 2 amide bonds. The third-order valence-corrected chi connectivity index (χ3v) is 3.34. The van der Waals surface area contributed by atoms with E-state index in [1.807, 2.05) is 18.2 Å². The molecule has 20 heavy (non-hydrogen) atoms. The summed E-state index contributed by atoms with van der Waals surface area (Å²) >= 11 is 0. The molecule has 0 saturated heterocycles. The number of benzene rings is 1. The maximum Gasteiger partial charge on any atom is 0.233 e. The highest BCUT2D eigenvalue weighted by Gasteiger charge is 2.19. The minimum absolute atomic E-state index is 0.129. The molecule has 1 aliphatic rings. The molecule has 0 aliphatic carbocycles. The van der Waals surface area contributed by atoms with Gasteiger partial charge >= 0.3 is 0 Å². The van der Waals surface area contributed by atoms with Crippen molar-refractivity contribution in [2.45, 2.75) is 39.2 Å². The molecule has 2 rings (SSSR count). The summed E-state index contributed by atoms with van der Waals surface area (Å²) in [6.07, 6.45) is 1.99. The van der Waals surface area contributed by atoms with Crippen LogP contribution in [0.25, 0.3) is 0 Å². The number of rotatable bonds is 5. The van der Waals surface area contributed by atoms with Crippen LogP contribution < -0.4 is 16.0 Å². The highest BCUT2D eigenvalue weighted by Crippen LogP contribution is 2.29. The second kappa shape index (κ2) is 6.52. The van der Waals surface area contributed by atoms with E-state index in [1.165, 1.54) is 0 Å². The number of hydrogen-bond acceptors (Lipinski definition) is 3. The van der Waals surface area contributed by atoms with E-state index in [0.29, 0.717) is 11.4 Å². The van der Waals surface area contributed by atoms with Crippen LogP contribution in [-0.4, -0.2) is 18.4 Å². The summed E-state index contributed by atoms with van der Waals surface area (Å²) in [4.78, 5) is 23.1. The van der Waals surface area contributed by atoms with Crippen LogP contribution in [0.5, 0.6) is 0 Å². The summed E-state index contributed by atoms with van der Waals surface area (Å²) in [6, 6.07) is 6.07. The van der Waals surface area contributed by atoms with E-state index in [0.717, 1.165) is 24.9 Å². The van der Waals surface area contributed by atoms with Crippen LogP contribution in [-0.2, 0) is 9.59 Å². The Morgan fingerprint density at radius 3 is 2.50 bits per heavy atom. The summed E-state index contributed by atoms with van der Waals surface area (Å²) in [5, 5.41) is 8.96. The lowest BCUT2D eigenvalue weighted by atomic mass is 10.0. The van der Waals surface area contributed by atoms with Gasteiger partial charge in [0, 0.05) is 6.04 Å². The molecular weight excluding hydrogens is 254 g/mol. The molecule has 5 nitrogen and oxygen atoms in total. The Labute approximate surface area is 119 Å². The predicted molar refractivity (Wildman–Crippen MR) is 79.6 cm³/mol. The highest BCUT2D eigenvalue weighted by molar-refractivity contribution is 6.13. The van der Waals surface area contributed by atoms with E-state index in [4.69, 9.17) is 0 Å². The third kappa shape index (κ3) is 3.36. The number of fused-ring (bicyclic) bond motifs is 1. The van der Waals surface area contributed by atoms with Crippen molar-refractivity contribution in [1.29, 1.82) is 0 Å². The van der Waals surface area contributed by atoms with Crippen LogP contribution in [0, 0.1) is 0 Å². The molecule has 1 aromatic carbocycles. The van der Waals surface area contributed by atoms with Crippen molar-refractivity contribution >= 4 is 23.2 Å². The summed E-state index contributed by atoms with van der Waals surface area (Å²) in [6.45, 7) is 5.12. The Morgan fingerprint density at radius 2 is 1.85 bits per heavy atom. The molecule has 3 N–H and O–H groups in total. The second-order valence-electron chi connectivity index (χ2n) is 4.98. The van der Waals surface area contributed by atoms with Gasteiger partial charge in [0.15, 0.2) is 0 Å². The van der Waals surface area contributed by atoms with Crippen molar-refractivity contribution in [3.63, 3.8) is 0 Å². The van der Waals surface area contributed by atoms with E-state index < -0.39 is 0 Å². The van der Waals surface area contributed by atoms with Gasteiger partial charge in [-0.1, -0.05) is 26.3 Å². The lowest BCUT2D eigenvalue weighted by molar-refractivity contribution is -0.123. The zero-order valence-corrected chi connectivity index (χ0v) is 12.0. The fourth-order valence-corrected chi connectivity index (χ4v) is 2.45. The van der Waals surface area contributed by atoms with Crippen LogP contribution in [0.3, 0.4) is 0 Å². The summed E-state index contributed by atoms with van der Waals surface area (Å²) < 4.78 is 0. The first kappa shape index (κ1) is 14.5. The SMILES string of the molecule is CCCC(NCC)c1ccc2c(c1)NC(=O)CC(=O)N2. The molecule has 1 unspecified atom stereocenters. The molecule has 0 aromatic heterocycles. The van der Waals surface area contributed by atoms with Crippen LogP contribution in [0.4, 0.5) is 11.4 Å². The molecule has 0 saturated carbocycles. The molecule has 0 spiro atoms. The number of anilines is 2. The average Bonchev–Trinajstić information content (AvgIpc) is 2.54. The largest absolute Gasteiger partial charge is 0.324 e. The molecule has 1 aromatic rings. The van der Waals surface area contributed by atoms with Gasteiger partial charge in [-0.25, -0.2) is 0 Å². The fraction of sp³-hybridized carbons (Fsp3) is 0.467. The first-order valence-electron chi connectivity index (χ1n) is 7.11. The van der Waals surface area contributed by atoms with E-state index >= 15 is 0 Å². The van der Waals surface area contributed by atoms with Crippen molar-refractivity contribution in [3.05, 3.63) is 23.8 Å². The molecule has 0 radical (unpaired) electrons. The standard InChI is InChI=1S/C15H21N3O2/c1-3-5-11(16-4-2)10-6-7-12-13(8-10)18-15(20)9-14(19)17-12/h6-8,11,16H,3-5,9H2,1-2H3,(H,17,19)(H,18,20). The van der Waals surface area contributed by atoms with Crippen LogP contribution in [0.2, 0.25) is 0 Å². The number of carbonyl (C=O) groups excluding carboxylic acids is 2. The predicted octanol–water partition coefficient (Wildman–Crippen LogP) is 2.42. The zero-order valence-electron chi connectivity index (χ0n) is 12.0. The monoisotopic (exact) mass is 275 g/mol. The summed E-state index contributed by atoms with van der Waals surface area (Å²) in [5.74, 6) is -0.542. The molecule has 1 aliphatic heterocycles. The van der Waals surface area contributed by atoms with E-state index in [-0.39, 0.29) is 24.3 Å². The first-order valence-corrected chi connectivity index (χ1v) is 7.11. The van der Waals surface area contributed by atoms with E-state index in [1.54, 1.807) is 0 Å². The Bertz CT molecular complexity index is 508. The number of carbonyl (C=O) groups is 2. The lowest BCUT2D eigenvalue weighted by Crippen LogP contribution is -2.21. The first-order chi connectivity index (χ1) is 9.63. The van der Waals surface area contributed by atoms with E-state index in [2.05, 4.69) is 29.8 Å². The summed E-state index contributed by atoms with van der Waals surface area (Å²) in [5.41, 5.74) is 2.47. The third-order valence-electron chi connectivity index (χ3n) is 3.34. The smallest absolute Gasteiger partial charge is 0.233 e. The Balaban J connectivity index is 2.29. The van der Waals surface area contributed by atoms with Gasteiger partial charge < -0.3 is 16.0 Å². The van der Waals surface area contributed by atoms with Crippen LogP contribution >= 0.6 is 0 Å². The van der Waals surface area contributed by atoms with Gasteiger partial charge in [-0.2, -0.15) is 0 Å². The van der Waals surface area contributed by atoms with Gasteiger partial charge in [-0.05, 0) is 30.7 Å². The number of amides is 2. The second-order valence-corrected chi connectivity index (χ2v) is 4.98. The minimum atomic E-state index is -0.272. The molecule has 0 bridgehead atoms. The van der Waals surface area contributed by atoms with Gasteiger partial charge in [0.1, 0.15) is 6.42 Å². The van der Waals surface area contributed by atoms with Crippen molar-refractivity contribution < 1.29 is 9.59 Å². The zero-order chi connectivity index (χ0) is 14.5. The topological polar surface area (TPSA) is 70.2 Å². The van der Waals surface area contributed by atoms with Gasteiger partial charge in [-0.3, -0.25) is 9.59 Å². The molecule has 108 valence electrons. The summed E-state index contributed by atoms with van der Waals surface area (Å²) in [7, 11) is 0. The number of nitrogens with one attached hydrogen (secondary N) is 3.